The Balaban J connectivity index is 1.78. The summed E-state index contributed by atoms with van der Waals surface area (Å²) in [6.07, 6.45) is 1.16. The molecule has 1 aromatic heterocycles. The van der Waals surface area contributed by atoms with Crippen LogP contribution in [0.4, 0.5) is 10.7 Å². The molecule has 3 rings (SSSR count). The Kier molecular flexibility index (Phi) is 2.98. The van der Waals surface area contributed by atoms with E-state index in [4.69, 9.17) is 4.74 Å². The lowest BCUT2D eigenvalue weighted by atomic mass is 9.99. The van der Waals surface area contributed by atoms with E-state index in [-0.39, 0.29) is 5.97 Å². The highest BCUT2D eigenvalue weighted by atomic mass is 32.1. The van der Waals surface area contributed by atoms with Crippen LogP contribution in [-0.2, 0) is 15.1 Å². The standard InChI is InChI=1S/C14H14N2O2S/c1-14(8-7-13(17)18-14)11-9-12(19-16-11)15-10-5-3-2-4-6-10/h2-6,9,15H,7-8H2,1H3. The number of hydrogen-bond acceptors (Lipinski definition) is 5. The van der Waals surface area contributed by atoms with Crippen LogP contribution in [0.2, 0.25) is 0 Å². The van der Waals surface area contributed by atoms with Crippen molar-refractivity contribution >= 4 is 28.2 Å². The van der Waals surface area contributed by atoms with Crippen molar-refractivity contribution in [3.63, 3.8) is 0 Å². The van der Waals surface area contributed by atoms with Crippen molar-refractivity contribution in [3.8, 4) is 0 Å². The van der Waals surface area contributed by atoms with E-state index in [0.29, 0.717) is 12.8 Å². The molecule has 1 aromatic carbocycles. The van der Waals surface area contributed by atoms with Crippen molar-refractivity contribution in [2.75, 3.05) is 5.32 Å². The van der Waals surface area contributed by atoms with Crippen molar-refractivity contribution in [2.24, 2.45) is 0 Å². The third-order valence-electron chi connectivity index (χ3n) is 3.24. The number of nitrogens with zero attached hydrogens (tertiary/aromatic N) is 1. The zero-order chi connectivity index (χ0) is 13.3. The molecule has 98 valence electrons. The number of aromatic nitrogens is 1. The molecule has 0 radical (unpaired) electrons. The highest BCUT2D eigenvalue weighted by molar-refractivity contribution is 7.10. The summed E-state index contributed by atoms with van der Waals surface area (Å²) in [5, 5.41) is 4.24. The first-order valence-electron chi connectivity index (χ1n) is 6.17. The van der Waals surface area contributed by atoms with Crippen LogP contribution >= 0.6 is 11.5 Å². The van der Waals surface area contributed by atoms with Crippen LogP contribution in [0.25, 0.3) is 0 Å². The van der Waals surface area contributed by atoms with Gasteiger partial charge in [0.05, 0.1) is 5.69 Å². The molecule has 1 atom stereocenters. The second kappa shape index (κ2) is 4.66. The first-order chi connectivity index (χ1) is 9.16. The number of anilines is 2. The summed E-state index contributed by atoms with van der Waals surface area (Å²) in [5.74, 6) is -0.145. The highest BCUT2D eigenvalue weighted by Crippen LogP contribution is 2.38. The number of ether oxygens (including phenoxy) is 1. The van der Waals surface area contributed by atoms with Gasteiger partial charge >= 0.3 is 5.97 Å². The largest absolute Gasteiger partial charge is 0.453 e. The molecule has 1 N–H and O–H groups in total. The molecule has 19 heavy (non-hydrogen) atoms. The van der Waals surface area contributed by atoms with Crippen LogP contribution in [0, 0.1) is 0 Å². The van der Waals surface area contributed by atoms with Crippen LogP contribution in [0.15, 0.2) is 36.4 Å². The zero-order valence-corrected chi connectivity index (χ0v) is 11.4. The number of carbonyl (C=O) groups is 1. The van der Waals surface area contributed by atoms with Gasteiger partial charge < -0.3 is 10.1 Å². The molecule has 1 aliphatic heterocycles. The molecule has 0 saturated carbocycles. The molecular weight excluding hydrogens is 260 g/mol. The molecule has 4 nitrogen and oxygen atoms in total. The van der Waals surface area contributed by atoms with Crippen LogP contribution in [-0.4, -0.2) is 10.3 Å². The minimum Gasteiger partial charge on any atom is -0.453 e. The van der Waals surface area contributed by atoms with Crippen molar-refractivity contribution in [2.45, 2.75) is 25.4 Å². The van der Waals surface area contributed by atoms with Gasteiger partial charge in [-0.15, -0.1) is 0 Å². The summed E-state index contributed by atoms with van der Waals surface area (Å²) in [6.45, 7) is 1.92. The molecule has 0 bridgehead atoms. The van der Waals surface area contributed by atoms with Gasteiger partial charge in [-0.2, -0.15) is 4.37 Å². The average Bonchev–Trinajstić information content (AvgIpc) is 2.99. The molecule has 1 fully saturated rings. The number of esters is 1. The SMILES string of the molecule is CC1(c2cc(Nc3ccccc3)sn2)CCC(=O)O1. The summed E-state index contributed by atoms with van der Waals surface area (Å²) in [6, 6.07) is 11.9. The Labute approximate surface area is 115 Å². The Morgan fingerprint density at radius 1 is 1.37 bits per heavy atom. The molecular formula is C14H14N2O2S. The van der Waals surface area contributed by atoms with Gasteiger partial charge in [-0.25, -0.2) is 0 Å². The summed E-state index contributed by atoms with van der Waals surface area (Å²) < 4.78 is 9.78. The van der Waals surface area contributed by atoms with E-state index in [0.717, 1.165) is 16.4 Å². The van der Waals surface area contributed by atoms with E-state index in [1.807, 2.05) is 43.3 Å². The molecule has 0 aliphatic carbocycles. The smallest absolute Gasteiger partial charge is 0.306 e. The maximum absolute atomic E-state index is 11.3. The maximum atomic E-state index is 11.3. The van der Waals surface area contributed by atoms with Gasteiger partial charge in [0.15, 0.2) is 5.60 Å². The van der Waals surface area contributed by atoms with E-state index in [2.05, 4.69) is 9.69 Å². The first-order valence-corrected chi connectivity index (χ1v) is 6.94. The van der Waals surface area contributed by atoms with E-state index < -0.39 is 5.60 Å². The lowest BCUT2D eigenvalue weighted by molar-refractivity contribution is -0.148. The fourth-order valence-corrected chi connectivity index (χ4v) is 2.89. The third-order valence-corrected chi connectivity index (χ3v) is 3.94. The van der Waals surface area contributed by atoms with Crippen LogP contribution in [0.5, 0.6) is 0 Å². The lowest BCUT2D eigenvalue weighted by Crippen LogP contribution is -2.21. The summed E-state index contributed by atoms with van der Waals surface area (Å²) in [5.41, 5.74) is 1.28. The topological polar surface area (TPSA) is 51.2 Å². The van der Waals surface area contributed by atoms with Gasteiger partial charge in [0.1, 0.15) is 5.00 Å². The number of rotatable bonds is 3. The number of carbonyl (C=O) groups excluding carboxylic acids is 1. The quantitative estimate of drug-likeness (QED) is 0.871. The Morgan fingerprint density at radius 2 is 2.16 bits per heavy atom. The number of para-hydroxylation sites is 1. The van der Waals surface area contributed by atoms with Gasteiger partial charge in [-0.1, -0.05) is 18.2 Å². The van der Waals surface area contributed by atoms with Gasteiger partial charge in [0.25, 0.3) is 0 Å². The monoisotopic (exact) mass is 274 g/mol. The van der Waals surface area contributed by atoms with Crippen LogP contribution < -0.4 is 5.32 Å². The number of cyclic esters (lactones) is 1. The second-order valence-electron chi connectivity index (χ2n) is 4.77. The zero-order valence-electron chi connectivity index (χ0n) is 10.6. The Bertz CT molecular complexity index is 597. The molecule has 2 heterocycles. The first kappa shape index (κ1) is 12.2. The van der Waals surface area contributed by atoms with Gasteiger partial charge in [-0.05, 0) is 30.6 Å². The molecule has 0 spiro atoms. The molecule has 0 amide bonds. The van der Waals surface area contributed by atoms with Crippen molar-refractivity contribution in [1.29, 1.82) is 0 Å². The fourth-order valence-electron chi connectivity index (χ4n) is 2.12. The third kappa shape index (κ3) is 2.46. The predicted octanol–water partition coefficient (Wildman–Crippen LogP) is 3.44. The average molecular weight is 274 g/mol. The van der Waals surface area contributed by atoms with E-state index in [9.17, 15) is 4.79 Å². The molecule has 1 unspecified atom stereocenters. The Hall–Kier alpha value is -1.88. The number of hydrogen-bond donors (Lipinski definition) is 1. The summed E-state index contributed by atoms with van der Waals surface area (Å²) in [7, 11) is 0. The van der Waals surface area contributed by atoms with Crippen molar-refractivity contribution in [3.05, 3.63) is 42.1 Å². The predicted molar refractivity (Wildman–Crippen MR) is 74.5 cm³/mol. The minimum absolute atomic E-state index is 0.145. The fraction of sp³-hybridized carbons (Fsp3) is 0.286. The molecule has 1 aliphatic rings. The van der Waals surface area contributed by atoms with Crippen molar-refractivity contribution in [1.82, 2.24) is 4.37 Å². The summed E-state index contributed by atoms with van der Waals surface area (Å²) in [4.78, 5) is 11.3. The lowest BCUT2D eigenvalue weighted by Gasteiger charge is -2.19. The van der Waals surface area contributed by atoms with Crippen LogP contribution in [0.3, 0.4) is 0 Å². The van der Waals surface area contributed by atoms with Gasteiger partial charge in [0, 0.05) is 24.6 Å². The maximum Gasteiger partial charge on any atom is 0.306 e. The van der Waals surface area contributed by atoms with Gasteiger partial charge in [-0.3, -0.25) is 4.79 Å². The molecule has 5 heteroatoms. The van der Waals surface area contributed by atoms with E-state index in [1.54, 1.807) is 0 Å². The van der Waals surface area contributed by atoms with Gasteiger partial charge in [0.2, 0.25) is 0 Å². The number of benzene rings is 1. The number of nitrogens with one attached hydrogen (secondary N) is 1. The highest BCUT2D eigenvalue weighted by Gasteiger charge is 2.39. The Morgan fingerprint density at radius 3 is 2.84 bits per heavy atom. The van der Waals surface area contributed by atoms with E-state index >= 15 is 0 Å². The second-order valence-corrected chi connectivity index (χ2v) is 5.58. The molecule has 2 aromatic rings. The summed E-state index contributed by atoms with van der Waals surface area (Å²) >= 11 is 1.38. The van der Waals surface area contributed by atoms with Crippen LogP contribution in [0.1, 0.15) is 25.5 Å². The van der Waals surface area contributed by atoms with E-state index in [1.165, 1.54) is 11.5 Å². The van der Waals surface area contributed by atoms with Crippen molar-refractivity contribution < 1.29 is 9.53 Å². The molecule has 1 saturated heterocycles. The minimum atomic E-state index is -0.565. The normalized spacial score (nSPS) is 22.3.